The van der Waals surface area contributed by atoms with Crippen molar-refractivity contribution in [2.45, 2.75) is 32.1 Å². The summed E-state index contributed by atoms with van der Waals surface area (Å²) in [4.78, 5) is 2.69. The summed E-state index contributed by atoms with van der Waals surface area (Å²) >= 11 is 0. The molecule has 1 unspecified atom stereocenters. The molecule has 14 heavy (non-hydrogen) atoms. The van der Waals surface area contributed by atoms with E-state index in [4.69, 9.17) is 0 Å². The second-order valence-electron chi connectivity index (χ2n) is 5.74. The van der Waals surface area contributed by atoms with Crippen LogP contribution < -0.4 is 5.32 Å². The minimum absolute atomic E-state index is 0.822. The fourth-order valence-electron chi connectivity index (χ4n) is 3.47. The molecule has 3 fully saturated rings. The van der Waals surface area contributed by atoms with Crippen LogP contribution in [0, 0.1) is 11.3 Å². The number of hydrogen-bond donors (Lipinski definition) is 1. The molecule has 0 bridgehead atoms. The van der Waals surface area contributed by atoms with Crippen LogP contribution in [0.4, 0.5) is 0 Å². The van der Waals surface area contributed by atoms with Gasteiger partial charge in [-0.05, 0) is 50.1 Å². The smallest absolute Gasteiger partial charge is 0.00506 e. The van der Waals surface area contributed by atoms with Crippen molar-refractivity contribution in [2.75, 3.05) is 32.7 Å². The van der Waals surface area contributed by atoms with Gasteiger partial charge in [-0.25, -0.2) is 0 Å². The number of piperidine rings is 1. The number of rotatable bonds is 2. The summed E-state index contributed by atoms with van der Waals surface area (Å²) in [5.41, 5.74) is 0.822. The van der Waals surface area contributed by atoms with Gasteiger partial charge >= 0.3 is 0 Å². The first-order chi connectivity index (χ1) is 6.86. The van der Waals surface area contributed by atoms with Crippen molar-refractivity contribution in [1.29, 1.82) is 0 Å². The van der Waals surface area contributed by atoms with Gasteiger partial charge in [0, 0.05) is 19.6 Å². The van der Waals surface area contributed by atoms with Crippen LogP contribution in [-0.2, 0) is 0 Å². The molecular formula is C12H22N2. The molecular weight excluding hydrogens is 172 g/mol. The lowest BCUT2D eigenvalue weighted by Gasteiger charge is -2.57. The van der Waals surface area contributed by atoms with Gasteiger partial charge in [0.2, 0.25) is 0 Å². The molecule has 0 aromatic rings. The molecule has 3 rings (SSSR count). The van der Waals surface area contributed by atoms with Crippen LogP contribution in [0.15, 0.2) is 0 Å². The molecule has 0 amide bonds. The van der Waals surface area contributed by atoms with Crippen molar-refractivity contribution < 1.29 is 0 Å². The van der Waals surface area contributed by atoms with Crippen molar-refractivity contribution in [3.05, 3.63) is 0 Å². The van der Waals surface area contributed by atoms with Gasteiger partial charge in [0.05, 0.1) is 0 Å². The van der Waals surface area contributed by atoms with E-state index in [0.29, 0.717) is 0 Å². The van der Waals surface area contributed by atoms with Crippen molar-refractivity contribution in [3.8, 4) is 0 Å². The Labute approximate surface area is 87.0 Å². The van der Waals surface area contributed by atoms with Gasteiger partial charge in [0.1, 0.15) is 0 Å². The zero-order valence-corrected chi connectivity index (χ0v) is 9.10. The first-order valence-corrected chi connectivity index (χ1v) is 6.29. The lowest BCUT2D eigenvalue weighted by molar-refractivity contribution is -0.0675. The highest BCUT2D eigenvalue weighted by molar-refractivity contribution is 5.00. The Balaban J connectivity index is 1.41. The zero-order valence-electron chi connectivity index (χ0n) is 9.10. The minimum Gasteiger partial charge on any atom is -0.316 e. The molecule has 0 aromatic carbocycles. The summed E-state index contributed by atoms with van der Waals surface area (Å²) in [5.74, 6) is 0.946. The van der Waals surface area contributed by atoms with E-state index in [1.54, 1.807) is 0 Å². The summed E-state index contributed by atoms with van der Waals surface area (Å²) in [6.45, 7) is 6.73. The third-order valence-corrected chi connectivity index (χ3v) is 4.45. The molecule has 2 heteroatoms. The number of nitrogens with zero attached hydrogens (tertiary/aromatic N) is 1. The highest BCUT2D eigenvalue weighted by Crippen LogP contribution is 2.48. The Bertz CT molecular complexity index is 196. The average molecular weight is 194 g/mol. The molecule has 1 aliphatic carbocycles. The fraction of sp³-hybridized carbons (Fsp3) is 1.00. The topological polar surface area (TPSA) is 15.3 Å². The van der Waals surface area contributed by atoms with Gasteiger partial charge < -0.3 is 10.2 Å². The van der Waals surface area contributed by atoms with Crippen LogP contribution in [-0.4, -0.2) is 37.6 Å². The quantitative estimate of drug-likeness (QED) is 0.716. The summed E-state index contributed by atoms with van der Waals surface area (Å²) in [7, 11) is 0. The van der Waals surface area contributed by atoms with E-state index in [-0.39, 0.29) is 0 Å². The fourth-order valence-corrected chi connectivity index (χ4v) is 3.47. The Kier molecular flexibility index (Phi) is 2.29. The summed E-state index contributed by atoms with van der Waals surface area (Å²) in [6, 6.07) is 0. The van der Waals surface area contributed by atoms with Crippen molar-refractivity contribution in [2.24, 2.45) is 11.3 Å². The number of likely N-dealkylation sites (tertiary alicyclic amines) is 1. The molecule has 1 atom stereocenters. The van der Waals surface area contributed by atoms with Crippen molar-refractivity contribution >= 4 is 0 Å². The standard InChI is InChI=1S/C12H22N2/c1-3-11(7-13-6-1)8-14-9-12(10-14)4-2-5-12/h11,13H,1-10H2. The van der Waals surface area contributed by atoms with E-state index < -0.39 is 0 Å². The van der Waals surface area contributed by atoms with Gasteiger partial charge in [-0.15, -0.1) is 0 Å². The highest BCUT2D eigenvalue weighted by Gasteiger charge is 2.47. The molecule has 0 aromatic heterocycles. The van der Waals surface area contributed by atoms with Crippen LogP contribution in [0.1, 0.15) is 32.1 Å². The number of hydrogen-bond acceptors (Lipinski definition) is 2. The average Bonchev–Trinajstić information content (AvgIpc) is 2.09. The first-order valence-electron chi connectivity index (χ1n) is 6.29. The summed E-state index contributed by atoms with van der Waals surface area (Å²) < 4.78 is 0. The van der Waals surface area contributed by atoms with E-state index in [9.17, 15) is 0 Å². The van der Waals surface area contributed by atoms with Crippen LogP contribution in [0.3, 0.4) is 0 Å². The van der Waals surface area contributed by atoms with Gasteiger partial charge in [-0.1, -0.05) is 6.42 Å². The second kappa shape index (κ2) is 3.49. The van der Waals surface area contributed by atoms with Gasteiger partial charge in [-0.3, -0.25) is 0 Å². The molecule has 2 heterocycles. The van der Waals surface area contributed by atoms with Crippen molar-refractivity contribution in [3.63, 3.8) is 0 Å². The third kappa shape index (κ3) is 1.59. The first kappa shape index (κ1) is 9.17. The maximum Gasteiger partial charge on any atom is 0.00506 e. The maximum absolute atomic E-state index is 3.51. The molecule has 0 radical (unpaired) electrons. The van der Waals surface area contributed by atoms with Crippen LogP contribution >= 0.6 is 0 Å². The lowest BCUT2D eigenvalue weighted by atomic mass is 9.63. The molecule has 3 aliphatic rings. The van der Waals surface area contributed by atoms with E-state index in [2.05, 4.69) is 10.2 Å². The van der Waals surface area contributed by atoms with Crippen LogP contribution in [0.25, 0.3) is 0 Å². The molecule has 1 saturated carbocycles. The molecule has 2 saturated heterocycles. The lowest BCUT2D eigenvalue weighted by Crippen LogP contribution is -2.60. The third-order valence-electron chi connectivity index (χ3n) is 4.45. The van der Waals surface area contributed by atoms with Gasteiger partial charge in [0.25, 0.3) is 0 Å². The molecule has 2 nitrogen and oxygen atoms in total. The molecule has 1 N–H and O–H groups in total. The maximum atomic E-state index is 3.51. The monoisotopic (exact) mass is 194 g/mol. The van der Waals surface area contributed by atoms with Crippen LogP contribution in [0.5, 0.6) is 0 Å². The van der Waals surface area contributed by atoms with Gasteiger partial charge in [-0.2, -0.15) is 0 Å². The highest BCUT2D eigenvalue weighted by atomic mass is 15.2. The molecule has 1 spiro atoms. The summed E-state index contributed by atoms with van der Waals surface area (Å²) in [5, 5.41) is 3.51. The Morgan fingerprint density at radius 3 is 2.64 bits per heavy atom. The van der Waals surface area contributed by atoms with E-state index >= 15 is 0 Å². The minimum atomic E-state index is 0.822. The predicted octanol–water partition coefficient (Wildman–Crippen LogP) is 1.47. The predicted molar refractivity (Wildman–Crippen MR) is 58.3 cm³/mol. The normalized spacial score (nSPS) is 36.4. The molecule has 80 valence electrons. The SMILES string of the molecule is C1CNCC(CN2CC3(CCC3)C2)C1. The van der Waals surface area contributed by atoms with Crippen LogP contribution in [0.2, 0.25) is 0 Å². The largest absolute Gasteiger partial charge is 0.316 e. The number of nitrogens with one attached hydrogen (secondary N) is 1. The summed E-state index contributed by atoms with van der Waals surface area (Å²) in [6.07, 6.45) is 7.39. The Morgan fingerprint density at radius 2 is 2.07 bits per heavy atom. The van der Waals surface area contributed by atoms with Gasteiger partial charge in [0.15, 0.2) is 0 Å². The molecule has 2 aliphatic heterocycles. The zero-order chi connectivity index (χ0) is 9.43. The Hall–Kier alpha value is -0.0800. The second-order valence-corrected chi connectivity index (χ2v) is 5.74. The van der Waals surface area contributed by atoms with E-state index in [0.717, 1.165) is 11.3 Å². The van der Waals surface area contributed by atoms with E-state index in [1.165, 1.54) is 64.8 Å². The van der Waals surface area contributed by atoms with Crippen molar-refractivity contribution in [1.82, 2.24) is 10.2 Å². The van der Waals surface area contributed by atoms with E-state index in [1.807, 2.05) is 0 Å². The Morgan fingerprint density at radius 1 is 1.21 bits per heavy atom.